The van der Waals surface area contributed by atoms with Crippen molar-refractivity contribution in [3.63, 3.8) is 0 Å². The minimum atomic E-state index is 0.134. The van der Waals surface area contributed by atoms with Crippen molar-refractivity contribution in [1.29, 1.82) is 0 Å². The third kappa shape index (κ3) is 1.72. The number of anilines is 1. The van der Waals surface area contributed by atoms with Crippen LogP contribution in [0.25, 0.3) is 22.6 Å². The van der Waals surface area contributed by atoms with E-state index in [4.69, 9.17) is 10.8 Å². The van der Waals surface area contributed by atoms with Gasteiger partial charge in [0.25, 0.3) is 0 Å². The molecule has 6 heteroatoms. The molecule has 0 atom stereocenters. The Morgan fingerprint density at radius 2 is 2.22 bits per heavy atom. The molecule has 0 unspecified atom stereocenters. The summed E-state index contributed by atoms with van der Waals surface area (Å²) in [5, 5.41) is 15.7. The van der Waals surface area contributed by atoms with Gasteiger partial charge in [-0.3, -0.25) is 5.10 Å². The van der Waals surface area contributed by atoms with Crippen molar-refractivity contribution < 1.29 is 5.11 Å². The number of H-pyrrole nitrogens is 2. The molecule has 5 N–H and O–H groups in total. The van der Waals surface area contributed by atoms with Gasteiger partial charge in [-0.1, -0.05) is 6.07 Å². The van der Waals surface area contributed by atoms with Gasteiger partial charge in [0.05, 0.1) is 16.7 Å². The first kappa shape index (κ1) is 10.8. The fourth-order valence-corrected chi connectivity index (χ4v) is 1.94. The zero-order valence-corrected chi connectivity index (χ0v) is 9.64. The first-order valence-corrected chi connectivity index (χ1v) is 5.67. The van der Waals surface area contributed by atoms with Gasteiger partial charge in [0.15, 0.2) is 11.5 Å². The summed E-state index contributed by atoms with van der Waals surface area (Å²) in [4.78, 5) is 7.63. The standard InChI is InChI=1S/C12H13N5O/c13-8-6-14-17-11(8)12-15-9-2-1-7(3-4-18)5-10(9)16-12/h1-2,5-6,18H,3-4,13H2,(H,14,17)(H,15,16). The Balaban J connectivity index is 2.08. The Labute approximate surface area is 103 Å². The van der Waals surface area contributed by atoms with E-state index in [1.165, 1.54) is 0 Å². The Hall–Kier alpha value is -2.34. The molecule has 18 heavy (non-hydrogen) atoms. The Kier molecular flexibility index (Phi) is 2.49. The molecule has 0 fully saturated rings. The van der Waals surface area contributed by atoms with Crippen molar-refractivity contribution >= 4 is 16.7 Å². The van der Waals surface area contributed by atoms with Crippen LogP contribution < -0.4 is 5.73 Å². The third-order valence-corrected chi connectivity index (χ3v) is 2.84. The molecule has 3 aromatic rings. The number of imidazole rings is 1. The summed E-state index contributed by atoms with van der Waals surface area (Å²) in [5.41, 5.74) is 9.79. The van der Waals surface area contributed by atoms with E-state index in [0.717, 1.165) is 16.6 Å². The van der Waals surface area contributed by atoms with Crippen LogP contribution >= 0.6 is 0 Å². The van der Waals surface area contributed by atoms with Crippen molar-refractivity contribution in [3.8, 4) is 11.5 Å². The van der Waals surface area contributed by atoms with Crippen LogP contribution in [-0.2, 0) is 6.42 Å². The predicted molar refractivity (Wildman–Crippen MR) is 68.9 cm³/mol. The molecule has 0 bridgehead atoms. The van der Waals surface area contributed by atoms with Gasteiger partial charge in [-0.2, -0.15) is 5.10 Å². The van der Waals surface area contributed by atoms with Crippen LogP contribution in [0.15, 0.2) is 24.4 Å². The van der Waals surface area contributed by atoms with Crippen molar-refractivity contribution in [1.82, 2.24) is 20.2 Å². The largest absolute Gasteiger partial charge is 0.396 e. The van der Waals surface area contributed by atoms with E-state index >= 15 is 0 Å². The smallest absolute Gasteiger partial charge is 0.161 e. The maximum atomic E-state index is 8.92. The Morgan fingerprint density at radius 3 is 2.94 bits per heavy atom. The molecule has 92 valence electrons. The maximum Gasteiger partial charge on any atom is 0.161 e. The first-order valence-electron chi connectivity index (χ1n) is 5.67. The summed E-state index contributed by atoms with van der Waals surface area (Å²) in [7, 11) is 0. The molecule has 6 nitrogen and oxygen atoms in total. The van der Waals surface area contributed by atoms with E-state index in [1.54, 1.807) is 6.20 Å². The number of fused-ring (bicyclic) bond motifs is 1. The quantitative estimate of drug-likeness (QED) is 0.552. The van der Waals surface area contributed by atoms with E-state index in [9.17, 15) is 0 Å². The van der Waals surface area contributed by atoms with E-state index < -0.39 is 0 Å². The Morgan fingerprint density at radius 1 is 1.33 bits per heavy atom. The number of nitrogens with one attached hydrogen (secondary N) is 2. The zero-order chi connectivity index (χ0) is 12.5. The van der Waals surface area contributed by atoms with Crippen LogP contribution in [0.1, 0.15) is 5.56 Å². The fraction of sp³-hybridized carbons (Fsp3) is 0.167. The van der Waals surface area contributed by atoms with Gasteiger partial charge in [-0.15, -0.1) is 0 Å². The van der Waals surface area contributed by atoms with E-state index in [-0.39, 0.29) is 6.61 Å². The molecule has 2 aromatic heterocycles. The number of aliphatic hydroxyl groups excluding tert-OH is 1. The topological polar surface area (TPSA) is 104 Å². The summed E-state index contributed by atoms with van der Waals surface area (Å²) in [6.07, 6.45) is 2.25. The molecule has 0 spiro atoms. The lowest BCUT2D eigenvalue weighted by atomic mass is 10.1. The van der Waals surface area contributed by atoms with Crippen LogP contribution in [-0.4, -0.2) is 31.9 Å². The van der Waals surface area contributed by atoms with Crippen molar-refractivity contribution in [2.24, 2.45) is 0 Å². The minimum absolute atomic E-state index is 0.134. The van der Waals surface area contributed by atoms with Crippen LogP contribution in [0.2, 0.25) is 0 Å². The number of aromatic amines is 2. The number of nitrogen functional groups attached to an aromatic ring is 1. The van der Waals surface area contributed by atoms with E-state index in [1.807, 2.05) is 18.2 Å². The van der Waals surface area contributed by atoms with Gasteiger partial charge in [-0.25, -0.2) is 4.98 Å². The first-order chi connectivity index (χ1) is 8.78. The SMILES string of the molecule is Nc1c[nH]nc1-c1nc2cc(CCO)ccc2[nH]1. The van der Waals surface area contributed by atoms with Crippen LogP contribution in [0.5, 0.6) is 0 Å². The maximum absolute atomic E-state index is 8.92. The minimum Gasteiger partial charge on any atom is -0.396 e. The lowest BCUT2D eigenvalue weighted by molar-refractivity contribution is 0.299. The number of benzene rings is 1. The molecule has 3 rings (SSSR count). The van der Waals surface area contributed by atoms with Gasteiger partial charge in [0, 0.05) is 12.8 Å². The van der Waals surface area contributed by atoms with Crippen molar-refractivity contribution in [2.75, 3.05) is 12.3 Å². The van der Waals surface area contributed by atoms with E-state index in [2.05, 4.69) is 20.2 Å². The van der Waals surface area contributed by atoms with Gasteiger partial charge >= 0.3 is 0 Å². The highest BCUT2D eigenvalue weighted by Crippen LogP contribution is 2.23. The van der Waals surface area contributed by atoms with Crippen LogP contribution in [0, 0.1) is 0 Å². The normalized spacial score (nSPS) is 11.2. The number of nitrogens with two attached hydrogens (primary N) is 1. The molecular weight excluding hydrogens is 230 g/mol. The second-order valence-electron chi connectivity index (χ2n) is 4.10. The molecule has 2 heterocycles. The van der Waals surface area contributed by atoms with Gasteiger partial charge in [0.1, 0.15) is 0 Å². The summed E-state index contributed by atoms with van der Waals surface area (Å²) in [5.74, 6) is 0.643. The van der Waals surface area contributed by atoms with Crippen LogP contribution in [0.4, 0.5) is 5.69 Å². The van der Waals surface area contributed by atoms with E-state index in [0.29, 0.717) is 23.6 Å². The summed E-state index contributed by atoms with van der Waals surface area (Å²) >= 11 is 0. The lowest BCUT2D eigenvalue weighted by Crippen LogP contribution is -1.89. The van der Waals surface area contributed by atoms with Gasteiger partial charge in [-0.05, 0) is 24.1 Å². The number of nitrogens with zero attached hydrogens (tertiary/aromatic N) is 2. The highest BCUT2D eigenvalue weighted by molar-refractivity contribution is 5.81. The summed E-state index contributed by atoms with van der Waals surface area (Å²) < 4.78 is 0. The molecule has 0 aliphatic carbocycles. The average molecular weight is 243 g/mol. The lowest BCUT2D eigenvalue weighted by Gasteiger charge is -1.96. The predicted octanol–water partition coefficient (Wildman–Crippen LogP) is 1.07. The highest BCUT2D eigenvalue weighted by atomic mass is 16.2. The molecular formula is C12H13N5O. The molecule has 0 aliphatic rings. The average Bonchev–Trinajstić information content (AvgIpc) is 2.94. The second-order valence-corrected chi connectivity index (χ2v) is 4.10. The number of hydrogen-bond acceptors (Lipinski definition) is 4. The molecule has 0 aliphatic heterocycles. The number of aromatic nitrogens is 4. The van der Waals surface area contributed by atoms with Crippen molar-refractivity contribution in [2.45, 2.75) is 6.42 Å². The molecule has 1 aromatic carbocycles. The second kappa shape index (κ2) is 4.15. The fourth-order valence-electron chi connectivity index (χ4n) is 1.94. The molecule has 0 amide bonds. The Bertz CT molecular complexity index is 685. The molecule has 0 radical (unpaired) electrons. The number of hydrogen-bond donors (Lipinski definition) is 4. The molecule has 0 saturated carbocycles. The van der Waals surface area contributed by atoms with Crippen LogP contribution in [0.3, 0.4) is 0 Å². The van der Waals surface area contributed by atoms with Gasteiger partial charge in [0.2, 0.25) is 0 Å². The van der Waals surface area contributed by atoms with Crippen molar-refractivity contribution in [3.05, 3.63) is 30.0 Å². The van der Waals surface area contributed by atoms with Gasteiger partial charge < -0.3 is 15.8 Å². The molecule has 0 saturated heterocycles. The number of aliphatic hydroxyl groups is 1. The summed E-state index contributed by atoms with van der Waals surface area (Å²) in [6.45, 7) is 0.134. The monoisotopic (exact) mass is 243 g/mol. The third-order valence-electron chi connectivity index (χ3n) is 2.84. The highest BCUT2D eigenvalue weighted by Gasteiger charge is 2.10. The number of rotatable bonds is 3. The summed E-state index contributed by atoms with van der Waals surface area (Å²) in [6, 6.07) is 5.86. The zero-order valence-electron chi connectivity index (χ0n) is 9.64.